The molecule has 1 aliphatic rings. The van der Waals surface area contributed by atoms with Crippen LogP contribution in [0.3, 0.4) is 0 Å². The van der Waals surface area contributed by atoms with Gasteiger partial charge in [0.15, 0.2) is 0 Å². The van der Waals surface area contributed by atoms with Crippen molar-refractivity contribution in [3.05, 3.63) is 41.1 Å². The van der Waals surface area contributed by atoms with E-state index in [0.717, 1.165) is 18.7 Å². The maximum atomic E-state index is 11.9. The van der Waals surface area contributed by atoms with Gasteiger partial charge in [0.25, 0.3) is 0 Å². The predicted molar refractivity (Wildman–Crippen MR) is 74.9 cm³/mol. The number of thiophene rings is 1. The molecule has 1 aliphatic carbocycles. The Kier molecular flexibility index (Phi) is 3.38. The Balaban J connectivity index is 1.48. The zero-order chi connectivity index (χ0) is 13.1. The number of aromatic nitrogens is 2. The summed E-state index contributed by atoms with van der Waals surface area (Å²) in [6.45, 7) is 1.72. The molecule has 1 fully saturated rings. The lowest BCUT2D eigenvalue weighted by Gasteiger charge is -2.16. The van der Waals surface area contributed by atoms with Crippen molar-refractivity contribution in [1.82, 2.24) is 14.9 Å². The predicted octanol–water partition coefficient (Wildman–Crippen LogP) is 2.08. The summed E-state index contributed by atoms with van der Waals surface area (Å²) in [4.78, 5) is 15.9. The molecule has 0 spiro atoms. The van der Waals surface area contributed by atoms with Gasteiger partial charge < -0.3 is 9.88 Å². The Morgan fingerprint density at radius 2 is 2.42 bits per heavy atom. The Morgan fingerprint density at radius 3 is 3.05 bits per heavy atom. The molecule has 4 nitrogen and oxygen atoms in total. The molecular weight excluding hydrogens is 258 g/mol. The summed E-state index contributed by atoms with van der Waals surface area (Å²) < 4.78 is 2.10. The average Bonchev–Trinajstić information content (AvgIpc) is 2.84. The van der Waals surface area contributed by atoms with Crippen LogP contribution in [0.1, 0.15) is 18.4 Å². The molecule has 0 bridgehead atoms. The summed E-state index contributed by atoms with van der Waals surface area (Å²) in [6, 6.07) is 2.00. The number of amides is 1. The molecule has 0 aliphatic heterocycles. The molecule has 3 rings (SSSR count). The minimum Gasteiger partial charge on any atom is -0.355 e. The third-order valence-electron chi connectivity index (χ3n) is 3.64. The monoisotopic (exact) mass is 275 g/mol. The Labute approximate surface area is 116 Å². The van der Waals surface area contributed by atoms with Gasteiger partial charge in [-0.2, -0.15) is 11.3 Å². The number of nitrogens with one attached hydrogen (secondary N) is 1. The third-order valence-corrected chi connectivity index (χ3v) is 4.37. The summed E-state index contributed by atoms with van der Waals surface area (Å²) in [5, 5.41) is 7.10. The molecular formula is C14H17N3OS. The van der Waals surface area contributed by atoms with Gasteiger partial charge in [-0.25, -0.2) is 4.98 Å². The number of hydrogen-bond donors (Lipinski definition) is 1. The molecule has 19 heavy (non-hydrogen) atoms. The number of imidazole rings is 1. The Bertz CT molecular complexity index is 529. The molecule has 0 atom stereocenters. The molecule has 2 aromatic heterocycles. The first-order valence-corrected chi connectivity index (χ1v) is 7.44. The average molecular weight is 275 g/mol. The van der Waals surface area contributed by atoms with Crippen molar-refractivity contribution in [3.63, 3.8) is 0 Å². The maximum Gasteiger partial charge on any atom is 0.224 e. The second-order valence-corrected chi connectivity index (χ2v) is 6.10. The molecule has 5 heteroatoms. The standard InChI is InChI=1S/C14H17N3OS/c18-13(7-12-1-6-19-8-12)16-9-14(2-3-14)10-17-5-4-15-11-17/h1,4-6,8,11H,2-3,7,9-10H2,(H,16,18). The van der Waals surface area contributed by atoms with Gasteiger partial charge in [-0.3, -0.25) is 4.79 Å². The van der Waals surface area contributed by atoms with Crippen molar-refractivity contribution in [2.45, 2.75) is 25.8 Å². The minimum atomic E-state index is 0.121. The molecule has 0 saturated heterocycles. The summed E-state index contributed by atoms with van der Waals surface area (Å²) in [5.41, 5.74) is 1.35. The van der Waals surface area contributed by atoms with Crippen molar-refractivity contribution in [2.75, 3.05) is 6.54 Å². The largest absolute Gasteiger partial charge is 0.355 e. The first-order valence-electron chi connectivity index (χ1n) is 6.49. The van der Waals surface area contributed by atoms with E-state index in [2.05, 4.69) is 14.9 Å². The molecule has 2 heterocycles. The van der Waals surface area contributed by atoms with E-state index in [4.69, 9.17) is 0 Å². The molecule has 0 unspecified atom stereocenters. The zero-order valence-electron chi connectivity index (χ0n) is 10.7. The van der Waals surface area contributed by atoms with E-state index < -0.39 is 0 Å². The van der Waals surface area contributed by atoms with Crippen molar-refractivity contribution in [2.24, 2.45) is 5.41 Å². The highest BCUT2D eigenvalue weighted by atomic mass is 32.1. The highest BCUT2D eigenvalue weighted by Gasteiger charge is 2.42. The smallest absolute Gasteiger partial charge is 0.224 e. The van der Waals surface area contributed by atoms with Crippen molar-refractivity contribution < 1.29 is 4.79 Å². The second-order valence-electron chi connectivity index (χ2n) is 5.32. The fourth-order valence-electron chi connectivity index (χ4n) is 2.26. The van der Waals surface area contributed by atoms with Crippen LogP contribution in [-0.4, -0.2) is 22.0 Å². The molecule has 1 saturated carbocycles. The lowest BCUT2D eigenvalue weighted by molar-refractivity contribution is -0.120. The summed E-state index contributed by atoms with van der Waals surface area (Å²) >= 11 is 1.63. The Morgan fingerprint density at radius 1 is 1.53 bits per heavy atom. The highest BCUT2D eigenvalue weighted by Crippen LogP contribution is 2.46. The van der Waals surface area contributed by atoms with E-state index in [1.807, 2.05) is 29.4 Å². The number of carbonyl (C=O) groups is 1. The van der Waals surface area contributed by atoms with E-state index in [-0.39, 0.29) is 11.3 Å². The lowest BCUT2D eigenvalue weighted by Crippen LogP contribution is -2.33. The van der Waals surface area contributed by atoms with Crippen LogP contribution in [0.25, 0.3) is 0 Å². The second kappa shape index (κ2) is 5.17. The van der Waals surface area contributed by atoms with E-state index in [1.165, 1.54) is 12.8 Å². The lowest BCUT2D eigenvalue weighted by atomic mass is 10.1. The van der Waals surface area contributed by atoms with Gasteiger partial charge in [-0.05, 0) is 35.2 Å². The van der Waals surface area contributed by atoms with Crippen molar-refractivity contribution >= 4 is 17.2 Å². The van der Waals surface area contributed by atoms with E-state index >= 15 is 0 Å². The first kappa shape index (κ1) is 12.4. The summed E-state index contributed by atoms with van der Waals surface area (Å²) in [7, 11) is 0. The van der Waals surface area contributed by atoms with Crippen LogP contribution < -0.4 is 5.32 Å². The van der Waals surface area contributed by atoms with Crippen LogP contribution in [0.4, 0.5) is 0 Å². The molecule has 1 N–H and O–H groups in total. The summed E-state index contributed by atoms with van der Waals surface area (Å²) in [5.74, 6) is 0.121. The van der Waals surface area contributed by atoms with Gasteiger partial charge in [0.2, 0.25) is 5.91 Å². The molecule has 0 radical (unpaired) electrons. The van der Waals surface area contributed by atoms with E-state index in [0.29, 0.717) is 6.42 Å². The summed E-state index contributed by atoms with van der Waals surface area (Å²) in [6.07, 6.45) is 8.48. The first-order chi connectivity index (χ1) is 9.26. The van der Waals surface area contributed by atoms with Gasteiger partial charge >= 0.3 is 0 Å². The van der Waals surface area contributed by atoms with E-state index in [9.17, 15) is 4.79 Å². The van der Waals surface area contributed by atoms with Gasteiger partial charge in [0.1, 0.15) is 0 Å². The number of carbonyl (C=O) groups excluding carboxylic acids is 1. The zero-order valence-corrected chi connectivity index (χ0v) is 11.5. The SMILES string of the molecule is O=C(Cc1ccsc1)NCC1(Cn2ccnc2)CC1. The van der Waals surface area contributed by atoms with Crippen LogP contribution in [0, 0.1) is 5.41 Å². The van der Waals surface area contributed by atoms with Gasteiger partial charge in [-0.1, -0.05) is 0 Å². The molecule has 100 valence electrons. The number of rotatable bonds is 6. The highest BCUT2D eigenvalue weighted by molar-refractivity contribution is 7.07. The topological polar surface area (TPSA) is 46.9 Å². The fourth-order valence-corrected chi connectivity index (χ4v) is 2.93. The van der Waals surface area contributed by atoms with Crippen LogP contribution in [0.5, 0.6) is 0 Å². The van der Waals surface area contributed by atoms with Gasteiger partial charge in [0, 0.05) is 30.9 Å². The molecule has 2 aromatic rings. The third kappa shape index (κ3) is 3.23. The van der Waals surface area contributed by atoms with Crippen LogP contribution in [-0.2, 0) is 17.8 Å². The van der Waals surface area contributed by atoms with E-state index in [1.54, 1.807) is 17.5 Å². The molecule has 0 aromatic carbocycles. The molecule has 1 amide bonds. The van der Waals surface area contributed by atoms with Crippen LogP contribution in [0.15, 0.2) is 35.5 Å². The van der Waals surface area contributed by atoms with Crippen molar-refractivity contribution in [3.8, 4) is 0 Å². The van der Waals surface area contributed by atoms with Gasteiger partial charge in [-0.15, -0.1) is 0 Å². The van der Waals surface area contributed by atoms with Crippen molar-refractivity contribution in [1.29, 1.82) is 0 Å². The van der Waals surface area contributed by atoms with Gasteiger partial charge in [0.05, 0.1) is 12.7 Å². The van der Waals surface area contributed by atoms with Crippen LogP contribution in [0.2, 0.25) is 0 Å². The Hall–Kier alpha value is -1.62. The number of hydrogen-bond acceptors (Lipinski definition) is 3. The number of nitrogens with zero attached hydrogens (tertiary/aromatic N) is 2. The quantitative estimate of drug-likeness (QED) is 0.877. The normalized spacial score (nSPS) is 16.2. The maximum absolute atomic E-state index is 11.9. The minimum absolute atomic E-state index is 0.121. The fraction of sp³-hybridized carbons (Fsp3) is 0.429. The van der Waals surface area contributed by atoms with Crippen LogP contribution >= 0.6 is 11.3 Å².